The smallest absolute Gasteiger partial charge is 0.415 e. The topological polar surface area (TPSA) is 88.3 Å². The van der Waals surface area contributed by atoms with E-state index in [0.717, 1.165) is 5.39 Å². The number of alkyl carbamates (subject to hydrolysis) is 1. The first-order chi connectivity index (χ1) is 13.3. The van der Waals surface area contributed by atoms with Crippen molar-refractivity contribution in [1.82, 2.24) is 10.3 Å². The molecule has 0 spiro atoms. The number of H-pyrrole nitrogens is 1. The Balaban J connectivity index is 1.83. The largest absolute Gasteiger partial charge is 0.427 e. The Kier molecular flexibility index (Phi) is 4.03. The van der Waals surface area contributed by atoms with Crippen molar-refractivity contribution in [2.24, 2.45) is 5.92 Å². The van der Waals surface area contributed by atoms with Crippen LogP contribution in [-0.4, -0.2) is 17.0 Å². The number of pyridine rings is 1. The Morgan fingerprint density at radius 3 is 2.46 bits per heavy atom. The molecule has 142 valence electrons. The molecule has 1 aliphatic heterocycles. The lowest BCUT2D eigenvalue weighted by atomic mass is 9.83. The van der Waals surface area contributed by atoms with Gasteiger partial charge in [-0.25, -0.2) is 9.18 Å². The van der Waals surface area contributed by atoms with Gasteiger partial charge in [0.25, 0.3) is 11.5 Å². The summed E-state index contributed by atoms with van der Waals surface area (Å²) in [4.78, 5) is 39.5. The van der Waals surface area contributed by atoms with Gasteiger partial charge in [0.15, 0.2) is 0 Å². The van der Waals surface area contributed by atoms with Gasteiger partial charge in [0.2, 0.25) is 5.60 Å². The van der Waals surface area contributed by atoms with Crippen molar-refractivity contribution >= 4 is 22.8 Å². The van der Waals surface area contributed by atoms with Crippen molar-refractivity contribution in [2.75, 3.05) is 0 Å². The summed E-state index contributed by atoms with van der Waals surface area (Å²) in [6.07, 6.45) is -0.882. The van der Waals surface area contributed by atoms with E-state index < -0.39 is 29.1 Å². The summed E-state index contributed by atoms with van der Waals surface area (Å²) in [5, 5.41) is 3.28. The molecule has 1 aliphatic rings. The van der Waals surface area contributed by atoms with Crippen LogP contribution in [0.2, 0.25) is 0 Å². The Hall–Kier alpha value is -3.48. The lowest BCUT2D eigenvalue weighted by Gasteiger charge is -2.28. The lowest BCUT2D eigenvalue weighted by molar-refractivity contribution is -0.136. The summed E-state index contributed by atoms with van der Waals surface area (Å²) in [6, 6.07) is 13.1. The first kappa shape index (κ1) is 17.9. The van der Waals surface area contributed by atoms with Crippen LogP contribution >= 0.6 is 0 Å². The van der Waals surface area contributed by atoms with E-state index in [0.29, 0.717) is 16.6 Å². The van der Waals surface area contributed by atoms with Crippen LogP contribution in [0.25, 0.3) is 22.0 Å². The Labute approximate surface area is 159 Å². The molecule has 0 radical (unpaired) electrons. The van der Waals surface area contributed by atoms with E-state index in [1.165, 1.54) is 12.1 Å². The molecule has 3 aromatic rings. The Morgan fingerprint density at radius 2 is 1.82 bits per heavy atom. The molecule has 1 aromatic heterocycles. The molecule has 2 N–H and O–H groups in total. The minimum atomic E-state index is -1.68. The van der Waals surface area contributed by atoms with Gasteiger partial charge in [-0.3, -0.25) is 14.9 Å². The third-order valence-corrected chi connectivity index (χ3v) is 5.07. The fraction of sp³-hybridized carbons (Fsp3) is 0.190. The fourth-order valence-corrected chi connectivity index (χ4v) is 3.61. The van der Waals surface area contributed by atoms with Gasteiger partial charge in [0.05, 0.1) is 5.56 Å². The lowest BCUT2D eigenvalue weighted by Crippen LogP contribution is -2.45. The normalized spacial score (nSPS) is 19.1. The number of benzene rings is 2. The molecule has 1 atom stereocenters. The van der Waals surface area contributed by atoms with Crippen molar-refractivity contribution < 1.29 is 18.7 Å². The number of cyclic esters (lactones) is 1. The molecule has 4 rings (SSSR count). The van der Waals surface area contributed by atoms with Gasteiger partial charge in [-0.2, -0.15) is 0 Å². The van der Waals surface area contributed by atoms with Crippen molar-refractivity contribution in [3.05, 3.63) is 70.3 Å². The molecule has 2 heterocycles. The molecule has 6 nitrogen and oxygen atoms in total. The maximum Gasteiger partial charge on any atom is 0.415 e. The predicted octanol–water partition coefficient (Wildman–Crippen LogP) is 3.45. The number of fused-ring (bicyclic) bond motifs is 1. The van der Waals surface area contributed by atoms with Crippen LogP contribution in [-0.2, 0) is 15.1 Å². The molecule has 2 amide bonds. The third kappa shape index (κ3) is 2.58. The van der Waals surface area contributed by atoms with Gasteiger partial charge in [-0.1, -0.05) is 38.1 Å². The van der Waals surface area contributed by atoms with Crippen LogP contribution in [0.15, 0.2) is 53.3 Å². The SMILES string of the molecule is CC(C)[C@]1(c2ccc(-c3ccc4cccc(F)c4c3)[nH]c2=O)OC(=O)NC1=O. The average Bonchev–Trinajstić information content (AvgIpc) is 2.96. The van der Waals surface area contributed by atoms with Gasteiger partial charge in [-0.05, 0) is 35.2 Å². The van der Waals surface area contributed by atoms with Crippen LogP contribution in [0.3, 0.4) is 0 Å². The Morgan fingerprint density at radius 1 is 1.04 bits per heavy atom. The Bertz CT molecular complexity index is 1180. The van der Waals surface area contributed by atoms with Crippen LogP contribution in [0.4, 0.5) is 9.18 Å². The van der Waals surface area contributed by atoms with Crippen molar-refractivity contribution in [3.8, 4) is 11.3 Å². The molecular weight excluding hydrogens is 363 g/mol. The summed E-state index contributed by atoms with van der Waals surface area (Å²) in [5.41, 5.74) is -1.11. The zero-order valence-corrected chi connectivity index (χ0v) is 15.2. The molecule has 0 aliphatic carbocycles. The number of aromatic nitrogens is 1. The van der Waals surface area contributed by atoms with Gasteiger partial charge < -0.3 is 9.72 Å². The first-order valence-corrected chi connectivity index (χ1v) is 8.80. The molecular formula is C21H17FN2O4. The summed E-state index contributed by atoms with van der Waals surface area (Å²) in [5.74, 6) is -1.48. The maximum absolute atomic E-state index is 14.1. The third-order valence-electron chi connectivity index (χ3n) is 5.07. The summed E-state index contributed by atoms with van der Waals surface area (Å²) >= 11 is 0. The summed E-state index contributed by atoms with van der Waals surface area (Å²) in [6.45, 7) is 3.38. The van der Waals surface area contributed by atoms with Crippen LogP contribution < -0.4 is 10.9 Å². The van der Waals surface area contributed by atoms with Gasteiger partial charge in [-0.15, -0.1) is 0 Å². The number of halogens is 1. The number of amides is 2. The van der Waals surface area contributed by atoms with E-state index in [1.54, 1.807) is 50.2 Å². The van der Waals surface area contributed by atoms with Gasteiger partial charge in [0.1, 0.15) is 5.82 Å². The maximum atomic E-state index is 14.1. The van der Waals surface area contributed by atoms with E-state index in [-0.39, 0.29) is 11.4 Å². The standard InChI is InChI=1S/C21H17FN2O4/c1-11(2)21(19(26)24-20(27)28-21)15-8-9-17(23-18(15)25)13-7-6-12-4-3-5-16(22)14(12)10-13/h3-11H,1-2H3,(H,23,25)(H,24,26,27)/t21-/m1/s1. The number of carbonyl (C=O) groups is 2. The molecule has 0 unspecified atom stereocenters. The molecule has 7 heteroatoms. The number of ether oxygens (including phenoxy) is 1. The summed E-state index contributed by atoms with van der Waals surface area (Å²) in [7, 11) is 0. The zero-order chi connectivity index (χ0) is 20.1. The van der Waals surface area contributed by atoms with E-state index in [4.69, 9.17) is 4.74 Å². The van der Waals surface area contributed by atoms with Crippen molar-refractivity contribution in [2.45, 2.75) is 19.4 Å². The highest BCUT2D eigenvalue weighted by Gasteiger charge is 2.54. The monoisotopic (exact) mass is 380 g/mol. The van der Waals surface area contributed by atoms with E-state index >= 15 is 0 Å². The molecule has 0 bridgehead atoms. The van der Waals surface area contributed by atoms with Crippen molar-refractivity contribution in [3.63, 3.8) is 0 Å². The second kappa shape index (κ2) is 6.30. The number of carbonyl (C=O) groups excluding carboxylic acids is 2. The minimum Gasteiger partial charge on any atom is -0.427 e. The van der Waals surface area contributed by atoms with Gasteiger partial charge in [0, 0.05) is 17.0 Å². The van der Waals surface area contributed by atoms with Crippen molar-refractivity contribution in [1.29, 1.82) is 0 Å². The number of hydrogen-bond donors (Lipinski definition) is 2. The number of nitrogens with one attached hydrogen (secondary N) is 2. The molecule has 0 saturated carbocycles. The van der Waals surface area contributed by atoms with Crippen LogP contribution in [0.5, 0.6) is 0 Å². The highest BCUT2D eigenvalue weighted by Crippen LogP contribution is 2.36. The van der Waals surface area contributed by atoms with E-state index in [2.05, 4.69) is 10.3 Å². The quantitative estimate of drug-likeness (QED) is 0.728. The second-order valence-electron chi connectivity index (χ2n) is 7.02. The minimum absolute atomic E-state index is 0.0431. The highest BCUT2D eigenvalue weighted by atomic mass is 19.1. The number of hydrogen-bond acceptors (Lipinski definition) is 4. The average molecular weight is 380 g/mol. The number of imide groups is 1. The second-order valence-corrected chi connectivity index (χ2v) is 7.02. The van der Waals surface area contributed by atoms with Crippen LogP contribution in [0, 0.1) is 11.7 Å². The molecule has 1 saturated heterocycles. The summed E-state index contributed by atoms with van der Waals surface area (Å²) < 4.78 is 19.3. The predicted molar refractivity (Wildman–Crippen MR) is 101 cm³/mol. The van der Waals surface area contributed by atoms with E-state index in [1.807, 2.05) is 0 Å². The first-order valence-electron chi connectivity index (χ1n) is 8.80. The zero-order valence-electron chi connectivity index (χ0n) is 15.2. The fourth-order valence-electron chi connectivity index (χ4n) is 3.61. The number of aromatic amines is 1. The number of rotatable bonds is 3. The molecule has 1 fully saturated rings. The molecule has 2 aromatic carbocycles. The van der Waals surface area contributed by atoms with Gasteiger partial charge >= 0.3 is 6.09 Å². The highest BCUT2D eigenvalue weighted by molar-refractivity contribution is 6.03. The molecule has 28 heavy (non-hydrogen) atoms. The van der Waals surface area contributed by atoms with E-state index in [9.17, 15) is 18.8 Å². The van der Waals surface area contributed by atoms with Crippen LogP contribution in [0.1, 0.15) is 19.4 Å².